The topological polar surface area (TPSA) is 98.2 Å². The van der Waals surface area contributed by atoms with Crippen LogP contribution in [0.3, 0.4) is 0 Å². The third-order valence-corrected chi connectivity index (χ3v) is 4.61. The summed E-state index contributed by atoms with van der Waals surface area (Å²) in [4.78, 5) is 4.22. The molecule has 0 unspecified atom stereocenters. The van der Waals surface area contributed by atoms with Crippen LogP contribution in [0.2, 0.25) is 0 Å². The highest BCUT2D eigenvalue weighted by Crippen LogP contribution is 2.25. The van der Waals surface area contributed by atoms with Gasteiger partial charge in [0.2, 0.25) is 0 Å². The molecule has 3 aromatic rings. The first-order valence-electron chi connectivity index (χ1n) is 6.20. The zero-order valence-corrected chi connectivity index (χ0v) is 12.5. The molecule has 2 heterocycles. The van der Waals surface area contributed by atoms with E-state index in [0.29, 0.717) is 28.4 Å². The zero-order valence-electron chi connectivity index (χ0n) is 11.7. The standard InChI is InChI=1S/C13H13N3O4S/c1-7-13(8(2)20-15-7)21(17,18)16-10-4-5-12-11(6-10)14-9(3)19-12/h4-6,16H,1-3H3. The van der Waals surface area contributed by atoms with E-state index in [1.165, 1.54) is 0 Å². The predicted molar refractivity (Wildman–Crippen MR) is 75.5 cm³/mol. The maximum absolute atomic E-state index is 12.4. The molecular weight excluding hydrogens is 294 g/mol. The summed E-state index contributed by atoms with van der Waals surface area (Å²) in [5.41, 5.74) is 1.91. The van der Waals surface area contributed by atoms with Crippen LogP contribution >= 0.6 is 0 Å². The molecule has 3 rings (SSSR count). The Balaban J connectivity index is 2.01. The lowest BCUT2D eigenvalue weighted by Gasteiger charge is -2.07. The van der Waals surface area contributed by atoms with Crippen molar-refractivity contribution in [1.29, 1.82) is 0 Å². The summed E-state index contributed by atoms with van der Waals surface area (Å²) in [6.07, 6.45) is 0. The van der Waals surface area contributed by atoms with E-state index in [0.717, 1.165) is 0 Å². The summed E-state index contributed by atoms with van der Waals surface area (Å²) < 4.78 is 37.5. The number of sulfonamides is 1. The number of aromatic nitrogens is 2. The highest BCUT2D eigenvalue weighted by atomic mass is 32.2. The van der Waals surface area contributed by atoms with Gasteiger partial charge in [0, 0.05) is 6.92 Å². The Morgan fingerprint density at radius 1 is 1.19 bits per heavy atom. The van der Waals surface area contributed by atoms with Gasteiger partial charge in [0.1, 0.15) is 11.2 Å². The molecule has 0 bridgehead atoms. The number of hydrogen-bond donors (Lipinski definition) is 1. The molecular formula is C13H13N3O4S. The predicted octanol–water partition coefficient (Wildman–Crippen LogP) is 2.54. The first kappa shape index (κ1) is 13.6. The molecule has 1 N–H and O–H groups in total. The van der Waals surface area contributed by atoms with E-state index < -0.39 is 10.0 Å². The number of rotatable bonds is 3. The number of hydrogen-bond acceptors (Lipinski definition) is 6. The Kier molecular flexibility index (Phi) is 2.98. The van der Waals surface area contributed by atoms with E-state index in [1.54, 1.807) is 39.0 Å². The van der Waals surface area contributed by atoms with Crippen LogP contribution in [0.1, 0.15) is 17.3 Å². The SMILES string of the molecule is Cc1nc2cc(NS(=O)(=O)c3c(C)noc3C)ccc2o1. The van der Waals surface area contributed by atoms with E-state index in [2.05, 4.69) is 14.9 Å². The molecule has 0 saturated heterocycles. The summed E-state index contributed by atoms with van der Waals surface area (Å²) in [7, 11) is -3.76. The Labute approximate surface area is 121 Å². The number of nitrogens with one attached hydrogen (secondary N) is 1. The summed E-state index contributed by atoms with van der Waals surface area (Å²) in [5.74, 6) is 0.772. The molecule has 0 saturated carbocycles. The van der Waals surface area contributed by atoms with Gasteiger partial charge >= 0.3 is 0 Å². The van der Waals surface area contributed by atoms with Gasteiger partial charge in [0.15, 0.2) is 22.1 Å². The lowest BCUT2D eigenvalue weighted by atomic mass is 10.3. The van der Waals surface area contributed by atoms with E-state index in [1.807, 2.05) is 0 Å². The molecule has 0 radical (unpaired) electrons. The second-order valence-electron chi connectivity index (χ2n) is 4.67. The van der Waals surface area contributed by atoms with Gasteiger partial charge < -0.3 is 8.94 Å². The van der Waals surface area contributed by atoms with Gasteiger partial charge in [-0.3, -0.25) is 4.72 Å². The molecule has 7 nitrogen and oxygen atoms in total. The van der Waals surface area contributed by atoms with Gasteiger partial charge in [-0.15, -0.1) is 0 Å². The maximum Gasteiger partial charge on any atom is 0.267 e. The van der Waals surface area contributed by atoms with Crippen molar-refractivity contribution in [2.75, 3.05) is 4.72 Å². The molecule has 0 spiro atoms. The molecule has 8 heteroatoms. The molecule has 0 aliphatic heterocycles. The average Bonchev–Trinajstić information content (AvgIpc) is 2.90. The number of oxazole rings is 1. The van der Waals surface area contributed by atoms with Crippen LogP contribution in [0.25, 0.3) is 11.1 Å². The summed E-state index contributed by atoms with van der Waals surface area (Å²) in [6, 6.07) is 4.89. The first-order valence-corrected chi connectivity index (χ1v) is 7.68. The molecule has 110 valence electrons. The average molecular weight is 307 g/mol. The van der Waals surface area contributed by atoms with E-state index in [4.69, 9.17) is 8.94 Å². The number of benzene rings is 1. The molecule has 2 aromatic heterocycles. The van der Waals surface area contributed by atoms with Crippen molar-refractivity contribution in [3.63, 3.8) is 0 Å². The second-order valence-corrected chi connectivity index (χ2v) is 6.29. The smallest absolute Gasteiger partial charge is 0.267 e. The fourth-order valence-electron chi connectivity index (χ4n) is 2.17. The second kappa shape index (κ2) is 4.59. The van der Waals surface area contributed by atoms with Crippen LogP contribution in [-0.2, 0) is 10.0 Å². The van der Waals surface area contributed by atoms with Crippen LogP contribution in [0, 0.1) is 20.8 Å². The van der Waals surface area contributed by atoms with Crippen LogP contribution in [0.5, 0.6) is 0 Å². The van der Waals surface area contributed by atoms with Crippen molar-refractivity contribution >= 4 is 26.8 Å². The van der Waals surface area contributed by atoms with E-state index in [-0.39, 0.29) is 10.7 Å². The maximum atomic E-state index is 12.4. The number of aryl methyl sites for hydroxylation is 3. The van der Waals surface area contributed by atoms with E-state index >= 15 is 0 Å². The Morgan fingerprint density at radius 3 is 2.62 bits per heavy atom. The lowest BCUT2D eigenvalue weighted by Crippen LogP contribution is -2.14. The quantitative estimate of drug-likeness (QED) is 0.798. The summed E-state index contributed by atoms with van der Waals surface area (Å²) >= 11 is 0. The first-order chi connectivity index (χ1) is 9.87. The third kappa shape index (κ3) is 2.38. The van der Waals surface area contributed by atoms with Crippen LogP contribution in [0.4, 0.5) is 5.69 Å². The molecule has 0 aliphatic carbocycles. The largest absolute Gasteiger partial charge is 0.441 e. The Morgan fingerprint density at radius 2 is 1.95 bits per heavy atom. The minimum atomic E-state index is -3.76. The molecule has 0 aliphatic rings. The monoisotopic (exact) mass is 307 g/mol. The number of anilines is 1. The van der Waals surface area contributed by atoms with Gasteiger partial charge in [-0.1, -0.05) is 5.16 Å². The summed E-state index contributed by atoms with van der Waals surface area (Å²) in [5, 5.41) is 3.66. The fraction of sp³-hybridized carbons (Fsp3) is 0.231. The zero-order chi connectivity index (χ0) is 15.2. The minimum Gasteiger partial charge on any atom is -0.441 e. The van der Waals surface area contributed by atoms with Crippen molar-refractivity contribution in [2.24, 2.45) is 0 Å². The molecule has 0 atom stereocenters. The lowest BCUT2D eigenvalue weighted by molar-refractivity contribution is 0.390. The molecule has 0 amide bonds. The van der Waals surface area contributed by atoms with E-state index in [9.17, 15) is 8.42 Å². The Bertz CT molecular complexity index is 905. The van der Waals surface area contributed by atoms with Crippen molar-refractivity contribution in [1.82, 2.24) is 10.1 Å². The van der Waals surface area contributed by atoms with Gasteiger partial charge in [-0.2, -0.15) is 0 Å². The third-order valence-electron chi connectivity index (χ3n) is 2.98. The normalized spacial score (nSPS) is 12.0. The van der Waals surface area contributed by atoms with Gasteiger partial charge in [-0.25, -0.2) is 13.4 Å². The number of nitrogens with zero attached hydrogens (tertiary/aromatic N) is 2. The number of fused-ring (bicyclic) bond motifs is 1. The van der Waals surface area contributed by atoms with Gasteiger partial charge in [0.25, 0.3) is 10.0 Å². The van der Waals surface area contributed by atoms with Gasteiger partial charge in [0.05, 0.1) is 5.69 Å². The molecule has 0 fully saturated rings. The van der Waals surface area contributed by atoms with Crippen molar-refractivity contribution in [3.8, 4) is 0 Å². The van der Waals surface area contributed by atoms with Crippen LogP contribution in [-0.4, -0.2) is 18.6 Å². The van der Waals surface area contributed by atoms with Crippen LogP contribution in [0.15, 0.2) is 32.0 Å². The molecule has 1 aromatic carbocycles. The highest BCUT2D eigenvalue weighted by molar-refractivity contribution is 7.92. The minimum absolute atomic E-state index is 0.0546. The van der Waals surface area contributed by atoms with Crippen molar-refractivity contribution < 1.29 is 17.4 Å². The molecule has 21 heavy (non-hydrogen) atoms. The van der Waals surface area contributed by atoms with Crippen molar-refractivity contribution in [3.05, 3.63) is 35.5 Å². The van der Waals surface area contributed by atoms with Crippen LogP contribution < -0.4 is 4.72 Å². The van der Waals surface area contributed by atoms with Crippen molar-refractivity contribution in [2.45, 2.75) is 25.7 Å². The fourth-order valence-corrected chi connectivity index (χ4v) is 3.55. The highest BCUT2D eigenvalue weighted by Gasteiger charge is 2.24. The Hall–Kier alpha value is -2.35. The van der Waals surface area contributed by atoms with Gasteiger partial charge in [-0.05, 0) is 32.0 Å². The summed E-state index contributed by atoms with van der Waals surface area (Å²) in [6.45, 7) is 4.86.